The number of rotatable bonds is 6. The normalized spacial score (nSPS) is 11.2. The molecule has 0 saturated heterocycles. The zero-order valence-corrected chi connectivity index (χ0v) is 11.6. The van der Waals surface area contributed by atoms with Crippen molar-refractivity contribution in [3.63, 3.8) is 0 Å². The van der Waals surface area contributed by atoms with E-state index in [0.29, 0.717) is 18.5 Å². The molecule has 1 rings (SSSR count). The fraction of sp³-hybridized carbons (Fsp3) is 0.583. The monoisotopic (exact) mass is 267 g/mol. The van der Waals surface area contributed by atoms with E-state index in [1.165, 1.54) is 10.9 Å². The molecule has 19 heavy (non-hydrogen) atoms. The summed E-state index contributed by atoms with van der Waals surface area (Å²) in [6.07, 6.45) is 4.07. The standard InChI is InChI=1S/C12H21N5O2/c1-12(2,13)5-4-10(18)16-9-6-15-17(7-9)8-11(19)14-3/h6-7H,4-5,8,13H2,1-3H3,(H,14,19)(H,16,18). The van der Waals surface area contributed by atoms with E-state index in [1.807, 2.05) is 13.8 Å². The molecule has 0 aromatic carbocycles. The summed E-state index contributed by atoms with van der Waals surface area (Å²) in [5, 5.41) is 9.20. The predicted octanol–water partition coefficient (Wildman–Crippen LogP) is 0.0851. The third kappa shape index (κ3) is 6.01. The van der Waals surface area contributed by atoms with Crippen LogP contribution in [0, 0.1) is 0 Å². The Bertz CT molecular complexity index is 447. The van der Waals surface area contributed by atoms with E-state index in [0.717, 1.165) is 0 Å². The molecule has 1 aromatic rings. The number of carbonyl (C=O) groups is 2. The second kappa shape index (κ2) is 6.33. The Morgan fingerprint density at radius 3 is 2.68 bits per heavy atom. The largest absolute Gasteiger partial charge is 0.358 e. The van der Waals surface area contributed by atoms with E-state index in [1.54, 1.807) is 13.2 Å². The molecule has 0 radical (unpaired) electrons. The fourth-order valence-electron chi connectivity index (χ4n) is 1.40. The lowest BCUT2D eigenvalue weighted by Crippen LogP contribution is -2.33. The van der Waals surface area contributed by atoms with Crippen LogP contribution >= 0.6 is 0 Å². The Morgan fingerprint density at radius 2 is 2.11 bits per heavy atom. The molecule has 0 aliphatic carbocycles. The van der Waals surface area contributed by atoms with Crippen LogP contribution in [0.3, 0.4) is 0 Å². The average molecular weight is 267 g/mol. The highest BCUT2D eigenvalue weighted by molar-refractivity contribution is 5.90. The van der Waals surface area contributed by atoms with E-state index in [9.17, 15) is 9.59 Å². The van der Waals surface area contributed by atoms with Crippen LogP contribution in [-0.2, 0) is 16.1 Å². The fourth-order valence-corrected chi connectivity index (χ4v) is 1.40. The average Bonchev–Trinajstić information content (AvgIpc) is 2.73. The molecule has 0 atom stereocenters. The van der Waals surface area contributed by atoms with Gasteiger partial charge in [-0.05, 0) is 20.3 Å². The van der Waals surface area contributed by atoms with E-state index in [2.05, 4.69) is 15.7 Å². The van der Waals surface area contributed by atoms with Gasteiger partial charge in [0.1, 0.15) is 6.54 Å². The van der Waals surface area contributed by atoms with Gasteiger partial charge in [0.25, 0.3) is 0 Å². The predicted molar refractivity (Wildman–Crippen MR) is 72.4 cm³/mol. The number of amides is 2. The smallest absolute Gasteiger partial charge is 0.241 e. The summed E-state index contributed by atoms with van der Waals surface area (Å²) in [7, 11) is 1.56. The Morgan fingerprint density at radius 1 is 1.42 bits per heavy atom. The molecule has 0 bridgehead atoms. The molecule has 0 aliphatic rings. The molecule has 7 nitrogen and oxygen atoms in total. The van der Waals surface area contributed by atoms with Crippen LogP contribution in [0.2, 0.25) is 0 Å². The van der Waals surface area contributed by atoms with Gasteiger partial charge in [-0.3, -0.25) is 14.3 Å². The summed E-state index contributed by atoms with van der Waals surface area (Å²) >= 11 is 0. The van der Waals surface area contributed by atoms with Gasteiger partial charge in [-0.15, -0.1) is 0 Å². The molecule has 1 heterocycles. The van der Waals surface area contributed by atoms with Gasteiger partial charge in [-0.25, -0.2) is 0 Å². The maximum atomic E-state index is 11.7. The van der Waals surface area contributed by atoms with Crippen molar-refractivity contribution in [3.8, 4) is 0 Å². The van der Waals surface area contributed by atoms with E-state index >= 15 is 0 Å². The zero-order valence-electron chi connectivity index (χ0n) is 11.6. The number of likely N-dealkylation sites (N-methyl/N-ethyl adjacent to an activating group) is 1. The highest BCUT2D eigenvalue weighted by Crippen LogP contribution is 2.10. The summed E-state index contributed by atoms with van der Waals surface area (Å²) in [6.45, 7) is 3.88. The zero-order chi connectivity index (χ0) is 14.5. The number of hydrogen-bond donors (Lipinski definition) is 3. The summed E-state index contributed by atoms with van der Waals surface area (Å²) in [6, 6.07) is 0. The molecule has 0 unspecified atom stereocenters. The van der Waals surface area contributed by atoms with Crippen LogP contribution in [0.4, 0.5) is 5.69 Å². The second-order valence-corrected chi connectivity index (χ2v) is 5.14. The lowest BCUT2D eigenvalue weighted by molar-refractivity contribution is -0.121. The van der Waals surface area contributed by atoms with Crippen molar-refractivity contribution in [2.24, 2.45) is 5.73 Å². The maximum absolute atomic E-state index is 11.7. The first-order chi connectivity index (χ1) is 8.80. The van der Waals surface area contributed by atoms with Crippen LogP contribution in [-0.4, -0.2) is 34.2 Å². The van der Waals surface area contributed by atoms with Gasteiger partial charge in [0.15, 0.2) is 0 Å². The maximum Gasteiger partial charge on any atom is 0.241 e. The second-order valence-electron chi connectivity index (χ2n) is 5.14. The first-order valence-corrected chi connectivity index (χ1v) is 6.12. The summed E-state index contributed by atoms with van der Waals surface area (Å²) in [5.41, 5.74) is 6.02. The van der Waals surface area contributed by atoms with E-state index < -0.39 is 0 Å². The highest BCUT2D eigenvalue weighted by Gasteiger charge is 2.13. The highest BCUT2D eigenvalue weighted by atomic mass is 16.2. The van der Waals surface area contributed by atoms with E-state index in [-0.39, 0.29) is 23.9 Å². The molecule has 4 N–H and O–H groups in total. The number of nitrogens with zero attached hydrogens (tertiary/aromatic N) is 2. The molecule has 7 heteroatoms. The van der Waals surface area contributed by atoms with Crippen molar-refractivity contribution in [1.29, 1.82) is 0 Å². The van der Waals surface area contributed by atoms with E-state index in [4.69, 9.17) is 5.73 Å². The van der Waals surface area contributed by atoms with Gasteiger partial charge in [-0.1, -0.05) is 0 Å². The van der Waals surface area contributed by atoms with Crippen molar-refractivity contribution >= 4 is 17.5 Å². The van der Waals surface area contributed by atoms with Crippen LogP contribution in [0.15, 0.2) is 12.4 Å². The van der Waals surface area contributed by atoms with Gasteiger partial charge in [0.2, 0.25) is 11.8 Å². The molecule has 0 fully saturated rings. The topological polar surface area (TPSA) is 102 Å². The number of carbonyl (C=O) groups excluding carboxylic acids is 2. The van der Waals surface area contributed by atoms with Crippen LogP contribution in [0.25, 0.3) is 0 Å². The number of aromatic nitrogens is 2. The van der Waals surface area contributed by atoms with Crippen LogP contribution < -0.4 is 16.4 Å². The Labute approximate surface area is 112 Å². The minimum Gasteiger partial charge on any atom is -0.358 e. The van der Waals surface area contributed by atoms with Crippen LogP contribution in [0.5, 0.6) is 0 Å². The van der Waals surface area contributed by atoms with Crippen molar-refractivity contribution in [1.82, 2.24) is 15.1 Å². The van der Waals surface area contributed by atoms with Crippen LogP contribution in [0.1, 0.15) is 26.7 Å². The van der Waals surface area contributed by atoms with Gasteiger partial charge < -0.3 is 16.4 Å². The molecule has 106 valence electrons. The van der Waals surface area contributed by atoms with Crippen molar-refractivity contribution in [2.45, 2.75) is 38.8 Å². The lowest BCUT2D eigenvalue weighted by atomic mass is 10.00. The molecule has 0 aliphatic heterocycles. The first-order valence-electron chi connectivity index (χ1n) is 6.12. The number of anilines is 1. The van der Waals surface area contributed by atoms with Gasteiger partial charge >= 0.3 is 0 Å². The van der Waals surface area contributed by atoms with Crippen molar-refractivity contribution in [3.05, 3.63) is 12.4 Å². The minimum atomic E-state index is -0.360. The number of nitrogens with two attached hydrogens (primary N) is 1. The first kappa shape index (κ1) is 15.2. The van der Waals surface area contributed by atoms with Gasteiger partial charge in [0, 0.05) is 25.2 Å². The quantitative estimate of drug-likeness (QED) is 0.679. The van der Waals surface area contributed by atoms with Gasteiger partial charge in [-0.2, -0.15) is 5.10 Å². The third-order valence-corrected chi connectivity index (χ3v) is 2.50. The lowest BCUT2D eigenvalue weighted by Gasteiger charge is -2.17. The third-order valence-electron chi connectivity index (χ3n) is 2.50. The molecular weight excluding hydrogens is 246 g/mol. The van der Waals surface area contributed by atoms with Crippen molar-refractivity contribution in [2.75, 3.05) is 12.4 Å². The summed E-state index contributed by atoms with van der Waals surface area (Å²) < 4.78 is 1.46. The molecule has 1 aromatic heterocycles. The summed E-state index contributed by atoms with van der Waals surface area (Å²) in [5.74, 6) is -0.260. The summed E-state index contributed by atoms with van der Waals surface area (Å²) in [4.78, 5) is 22.8. The number of nitrogens with one attached hydrogen (secondary N) is 2. The van der Waals surface area contributed by atoms with Gasteiger partial charge in [0.05, 0.1) is 11.9 Å². The minimum absolute atomic E-state index is 0.113. The molecule has 2 amide bonds. The number of hydrogen-bond acceptors (Lipinski definition) is 4. The Hall–Kier alpha value is -1.89. The molecular formula is C12H21N5O2. The Kier molecular flexibility index (Phi) is 5.05. The molecule has 0 spiro atoms. The van der Waals surface area contributed by atoms with Crippen molar-refractivity contribution < 1.29 is 9.59 Å². The Balaban J connectivity index is 2.45. The SMILES string of the molecule is CNC(=O)Cn1cc(NC(=O)CCC(C)(C)N)cn1. The molecule has 0 saturated carbocycles.